The van der Waals surface area contributed by atoms with Crippen molar-refractivity contribution in [2.45, 2.75) is 23.6 Å². The molecular formula is C16H16N4O3S. The van der Waals surface area contributed by atoms with Crippen molar-refractivity contribution >= 4 is 34.2 Å². The average Bonchev–Trinajstić information content (AvgIpc) is 3.07. The largest absolute Gasteiger partial charge is 0.372 e. The van der Waals surface area contributed by atoms with E-state index in [0.717, 1.165) is 22.9 Å². The number of nitro groups is 1. The molecule has 0 N–H and O–H groups in total. The van der Waals surface area contributed by atoms with Crippen LogP contribution in [0.5, 0.6) is 0 Å². The summed E-state index contributed by atoms with van der Waals surface area (Å²) in [5.74, 6) is 0. The molecule has 7 nitrogen and oxygen atoms in total. The van der Waals surface area contributed by atoms with Crippen LogP contribution >= 0.6 is 11.8 Å². The van der Waals surface area contributed by atoms with Crippen molar-refractivity contribution in [3.8, 4) is 0 Å². The molecule has 0 atom stereocenters. The van der Waals surface area contributed by atoms with Crippen molar-refractivity contribution in [1.29, 1.82) is 0 Å². The Morgan fingerprint density at radius 2 is 1.75 bits per heavy atom. The minimum absolute atomic E-state index is 0.104. The summed E-state index contributed by atoms with van der Waals surface area (Å²) in [6, 6.07) is 11.3. The Morgan fingerprint density at radius 1 is 1.08 bits per heavy atom. The van der Waals surface area contributed by atoms with Crippen LogP contribution < -0.4 is 4.90 Å². The van der Waals surface area contributed by atoms with Crippen LogP contribution in [-0.4, -0.2) is 28.3 Å². The van der Waals surface area contributed by atoms with Crippen molar-refractivity contribution in [1.82, 2.24) is 10.3 Å². The van der Waals surface area contributed by atoms with Crippen molar-refractivity contribution in [3.63, 3.8) is 0 Å². The summed E-state index contributed by atoms with van der Waals surface area (Å²) in [6.45, 7) is 6.15. The summed E-state index contributed by atoms with van der Waals surface area (Å²) in [5, 5.41) is 18.5. The van der Waals surface area contributed by atoms with E-state index >= 15 is 0 Å². The lowest BCUT2D eigenvalue weighted by Gasteiger charge is -2.21. The third kappa shape index (κ3) is 3.05. The van der Waals surface area contributed by atoms with Gasteiger partial charge in [0.05, 0.1) is 4.92 Å². The van der Waals surface area contributed by atoms with Gasteiger partial charge in [-0.1, -0.05) is 11.8 Å². The molecule has 0 saturated carbocycles. The molecular weight excluding hydrogens is 328 g/mol. The van der Waals surface area contributed by atoms with Crippen LogP contribution in [0.3, 0.4) is 0 Å². The molecule has 24 heavy (non-hydrogen) atoms. The normalized spacial score (nSPS) is 10.9. The van der Waals surface area contributed by atoms with Crippen molar-refractivity contribution < 1.29 is 9.55 Å². The van der Waals surface area contributed by atoms with Crippen molar-refractivity contribution in [2.24, 2.45) is 0 Å². The van der Waals surface area contributed by atoms with E-state index in [1.807, 2.05) is 12.1 Å². The zero-order valence-corrected chi connectivity index (χ0v) is 14.1. The van der Waals surface area contributed by atoms with E-state index in [9.17, 15) is 10.1 Å². The highest BCUT2D eigenvalue weighted by atomic mass is 32.2. The Morgan fingerprint density at radius 3 is 2.38 bits per heavy atom. The lowest BCUT2D eigenvalue weighted by molar-refractivity contribution is -0.383. The van der Waals surface area contributed by atoms with Crippen LogP contribution in [0.25, 0.3) is 11.0 Å². The molecule has 0 aliphatic heterocycles. The number of hydrogen-bond donors (Lipinski definition) is 0. The first-order valence-electron chi connectivity index (χ1n) is 7.56. The van der Waals surface area contributed by atoms with Gasteiger partial charge in [-0.3, -0.25) is 10.1 Å². The van der Waals surface area contributed by atoms with Crippen molar-refractivity contribution in [3.05, 3.63) is 46.5 Å². The summed E-state index contributed by atoms with van der Waals surface area (Å²) < 4.78 is 4.69. The molecule has 1 aromatic heterocycles. The Hall–Kier alpha value is -2.61. The minimum atomic E-state index is -0.486. The van der Waals surface area contributed by atoms with E-state index < -0.39 is 4.92 Å². The molecule has 0 unspecified atom stereocenters. The second-order valence-corrected chi connectivity index (χ2v) is 6.18. The quantitative estimate of drug-likeness (QED) is 0.491. The third-order valence-corrected chi connectivity index (χ3v) is 4.80. The Labute approximate surface area is 142 Å². The van der Waals surface area contributed by atoms with E-state index in [1.54, 1.807) is 6.07 Å². The zero-order chi connectivity index (χ0) is 17.1. The highest BCUT2D eigenvalue weighted by Gasteiger charge is 2.20. The van der Waals surface area contributed by atoms with Gasteiger partial charge >= 0.3 is 5.69 Å². The second kappa shape index (κ2) is 6.88. The van der Waals surface area contributed by atoms with Crippen LogP contribution in [0.4, 0.5) is 11.4 Å². The fraction of sp³-hybridized carbons (Fsp3) is 0.250. The Bertz CT molecular complexity index is 859. The molecule has 1 heterocycles. The van der Waals surface area contributed by atoms with Gasteiger partial charge in [0.15, 0.2) is 5.52 Å². The van der Waals surface area contributed by atoms with Gasteiger partial charge in [-0.05, 0) is 54.5 Å². The van der Waals surface area contributed by atoms with Crippen LogP contribution in [0.2, 0.25) is 0 Å². The van der Waals surface area contributed by atoms with E-state index in [2.05, 4.69) is 45.8 Å². The molecule has 2 aromatic carbocycles. The molecule has 124 valence electrons. The maximum absolute atomic E-state index is 11.0. The Balaban J connectivity index is 1.89. The number of non-ortho nitro benzene ring substituents is 1. The number of nitrogens with zero attached hydrogens (tertiary/aromatic N) is 4. The number of rotatable bonds is 6. The van der Waals surface area contributed by atoms with Crippen LogP contribution in [-0.2, 0) is 0 Å². The molecule has 0 bridgehead atoms. The van der Waals surface area contributed by atoms with Gasteiger partial charge < -0.3 is 4.90 Å². The minimum Gasteiger partial charge on any atom is -0.372 e. The lowest BCUT2D eigenvalue weighted by atomic mass is 10.3. The Kier molecular flexibility index (Phi) is 4.66. The van der Waals surface area contributed by atoms with Crippen LogP contribution in [0.1, 0.15) is 13.8 Å². The molecule has 3 aromatic rings. The number of hydrogen-bond acceptors (Lipinski definition) is 7. The number of nitro benzene ring substituents is 1. The van der Waals surface area contributed by atoms with Gasteiger partial charge in [0.1, 0.15) is 0 Å². The van der Waals surface area contributed by atoms with Gasteiger partial charge in [0, 0.05) is 34.6 Å². The molecule has 0 aliphatic carbocycles. The van der Waals surface area contributed by atoms with Gasteiger partial charge in [0.2, 0.25) is 5.52 Å². The van der Waals surface area contributed by atoms with Gasteiger partial charge in [-0.15, -0.1) is 0 Å². The summed E-state index contributed by atoms with van der Waals surface area (Å²) in [6.07, 6.45) is 0. The monoisotopic (exact) mass is 344 g/mol. The van der Waals surface area contributed by atoms with E-state index in [1.165, 1.54) is 23.5 Å². The van der Waals surface area contributed by atoms with E-state index in [4.69, 9.17) is 0 Å². The van der Waals surface area contributed by atoms with Crippen LogP contribution in [0.15, 0.2) is 50.8 Å². The fourth-order valence-corrected chi connectivity index (χ4v) is 3.39. The van der Waals surface area contributed by atoms with Crippen molar-refractivity contribution in [2.75, 3.05) is 18.0 Å². The van der Waals surface area contributed by atoms with Gasteiger partial charge in [0.25, 0.3) is 0 Å². The first-order valence-corrected chi connectivity index (χ1v) is 8.38. The third-order valence-electron chi connectivity index (χ3n) is 3.75. The highest BCUT2D eigenvalue weighted by Crippen LogP contribution is 2.36. The molecule has 0 saturated heterocycles. The number of aromatic nitrogens is 2. The van der Waals surface area contributed by atoms with Crippen LogP contribution in [0, 0.1) is 10.1 Å². The molecule has 0 spiro atoms. The standard InChI is InChI=1S/C16H16N4O3S/c1-3-19(4-2)11-5-7-12(8-6-11)24-14-10-9-13(20(21)22)15-16(14)18-23-17-15/h5-10H,3-4H2,1-2H3. The summed E-state index contributed by atoms with van der Waals surface area (Å²) in [5.41, 5.74) is 1.64. The molecule has 8 heteroatoms. The maximum atomic E-state index is 11.0. The number of anilines is 1. The zero-order valence-electron chi connectivity index (χ0n) is 13.3. The fourth-order valence-electron chi connectivity index (χ4n) is 2.50. The molecule has 0 radical (unpaired) electrons. The highest BCUT2D eigenvalue weighted by molar-refractivity contribution is 7.99. The number of fused-ring (bicyclic) bond motifs is 1. The predicted molar refractivity (Wildman–Crippen MR) is 92.6 cm³/mol. The lowest BCUT2D eigenvalue weighted by Crippen LogP contribution is -2.21. The summed E-state index contributed by atoms with van der Waals surface area (Å²) >= 11 is 1.47. The molecule has 0 aliphatic rings. The SMILES string of the molecule is CCN(CC)c1ccc(Sc2ccc([N+](=O)[O-])c3nonc23)cc1. The molecule has 0 fully saturated rings. The summed E-state index contributed by atoms with van der Waals surface area (Å²) in [4.78, 5) is 14.6. The first-order chi connectivity index (χ1) is 11.6. The van der Waals surface area contributed by atoms with Gasteiger partial charge in [-0.25, -0.2) is 4.63 Å². The number of benzene rings is 2. The smallest absolute Gasteiger partial charge is 0.300 e. The summed E-state index contributed by atoms with van der Waals surface area (Å²) in [7, 11) is 0. The molecule has 0 amide bonds. The predicted octanol–water partition coefficient (Wildman–Crippen LogP) is 4.13. The first kappa shape index (κ1) is 16.3. The average molecular weight is 344 g/mol. The maximum Gasteiger partial charge on any atom is 0.300 e. The second-order valence-electron chi connectivity index (χ2n) is 5.07. The van der Waals surface area contributed by atoms with E-state index in [0.29, 0.717) is 5.52 Å². The molecule has 3 rings (SSSR count). The van der Waals surface area contributed by atoms with E-state index in [-0.39, 0.29) is 11.2 Å². The van der Waals surface area contributed by atoms with Gasteiger partial charge in [-0.2, -0.15) is 0 Å². The topological polar surface area (TPSA) is 85.3 Å².